The van der Waals surface area contributed by atoms with Gasteiger partial charge in [-0.1, -0.05) is 77.6 Å². The second-order valence-electron chi connectivity index (χ2n) is 7.46. The maximum atomic E-state index is 4.97. The Morgan fingerprint density at radius 2 is 1.38 bits per heavy atom. The topological polar surface area (TPSA) is 12.9 Å². The first-order valence-corrected chi connectivity index (χ1v) is 8.24. The number of rotatable bonds is 2. The van der Waals surface area contributed by atoms with E-state index in [0.717, 1.165) is 5.03 Å². The fourth-order valence-electron chi connectivity index (χ4n) is 2.28. The number of benzene rings is 1. The monoisotopic (exact) mass is 299 g/mol. The largest absolute Gasteiger partial charge is 0.245 e. The average Bonchev–Trinajstić information content (AvgIpc) is 2.37. The van der Waals surface area contributed by atoms with Crippen LogP contribution in [0.4, 0.5) is 0 Å². The first-order chi connectivity index (χ1) is 9.68. The second-order valence-corrected chi connectivity index (χ2v) is 8.55. The zero-order chi connectivity index (χ0) is 15.7. The van der Waals surface area contributed by atoms with Gasteiger partial charge in [0, 0.05) is 10.3 Å². The predicted octanol–water partition coefficient (Wildman–Crippen LogP) is 5.83. The molecular weight excluding hydrogens is 274 g/mol. The molecule has 0 saturated carbocycles. The molecule has 2 rings (SSSR count). The van der Waals surface area contributed by atoms with Gasteiger partial charge in [0.2, 0.25) is 0 Å². The Bertz CT molecular complexity index is 604. The van der Waals surface area contributed by atoms with Crippen LogP contribution >= 0.6 is 11.8 Å². The lowest BCUT2D eigenvalue weighted by Gasteiger charge is -2.29. The zero-order valence-electron chi connectivity index (χ0n) is 13.9. The van der Waals surface area contributed by atoms with Gasteiger partial charge in [-0.15, -0.1) is 0 Å². The molecule has 2 heteroatoms. The number of pyridine rings is 1. The van der Waals surface area contributed by atoms with E-state index in [1.807, 2.05) is 6.07 Å². The Kier molecular flexibility index (Phi) is 4.48. The van der Waals surface area contributed by atoms with Gasteiger partial charge in [0.15, 0.2) is 0 Å². The third kappa shape index (κ3) is 4.10. The van der Waals surface area contributed by atoms with Crippen molar-refractivity contribution in [3.05, 3.63) is 53.7 Å². The second kappa shape index (κ2) is 5.84. The summed E-state index contributed by atoms with van der Waals surface area (Å²) in [5.41, 5.74) is 2.71. The van der Waals surface area contributed by atoms with Crippen molar-refractivity contribution in [2.45, 2.75) is 62.3 Å². The molecule has 112 valence electrons. The van der Waals surface area contributed by atoms with Gasteiger partial charge in [-0.25, -0.2) is 4.98 Å². The van der Waals surface area contributed by atoms with Crippen molar-refractivity contribution in [2.75, 3.05) is 0 Å². The maximum absolute atomic E-state index is 4.97. The molecule has 1 heterocycles. The first kappa shape index (κ1) is 16.1. The molecule has 0 bridgehead atoms. The van der Waals surface area contributed by atoms with Crippen molar-refractivity contribution >= 4 is 11.8 Å². The van der Waals surface area contributed by atoms with Gasteiger partial charge in [-0.2, -0.15) is 0 Å². The predicted molar refractivity (Wildman–Crippen MR) is 92.2 cm³/mol. The summed E-state index contributed by atoms with van der Waals surface area (Å²) in [5.74, 6) is 0. The van der Waals surface area contributed by atoms with Crippen LogP contribution < -0.4 is 0 Å². The minimum Gasteiger partial charge on any atom is -0.245 e. The SMILES string of the molecule is CC(C)(C)c1ccc(Sc2ccccc2)nc1C(C)(C)C. The highest BCUT2D eigenvalue weighted by Crippen LogP contribution is 2.35. The lowest BCUT2D eigenvalue weighted by molar-refractivity contribution is 0.509. The molecule has 0 aliphatic rings. The van der Waals surface area contributed by atoms with Gasteiger partial charge in [-0.3, -0.25) is 0 Å². The Labute approximate surface area is 133 Å². The van der Waals surface area contributed by atoms with E-state index in [1.54, 1.807) is 11.8 Å². The van der Waals surface area contributed by atoms with E-state index in [-0.39, 0.29) is 10.8 Å². The minimum atomic E-state index is 0.0515. The van der Waals surface area contributed by atoms with Gasteiger partial charge in [0.1, 0.15) is 5.03 Å². The van der Waals surface area contributed by atoms with Crippen molar-refractivity contribution in [2.24, 2.45) is 0 Å². The molecule has 0 radical (unpaired) electrons. The maximum Gasteiger partial charge on any atom is 0.101 e. The summed E-state index contributed by atoms with van der Waals surface area (Å²) in [7, 11) is 0. The molecule has 1 nitrogen and oxygen atoms in total. The third-order valence-corrected chi connectivity index (χ3v) is 4.30. The summed E-state index contributed by atoms with van der Waals surface area (Å²) in [6, 6.07) is 14.8. The zero-order valence-corrected chi connectivity index (χ0v) is 14.7. The van der Waals surface area contributed by atoms with Crippen LogP contribution in [0.15, 0.2) is 52.4 Å². The third-order valence-electron chi connectivity index (χ3n) is 3.35. The standard InChI is InChI=1S/C19H25NS/c1-18(2,3)15-12-13-16(20-17(15)19(4,5)6)21-14-10-8-7-9-11-14/h7-13H,1-6H3. The molecule has 0 aliphatic carbocycles. The smallest absolute Gasteiger partial charge is 0.101 e. The highest BCUT2D eigenvalue weighted by molar-refractivity contribution is 7.99. The first-order valence-electron chi connectivity index (χ1n) is 7.43. The van der Waals surface area contributed by atoms with Gasteiger partial charge < -0.3 is 0 Å². The summed E-state index contributed by atoms with van der Waals surface area (Å²) in [4.78, 5) is 6.20. The molecule has 0 atom stereocenters. The normalized spacial score (nSPS) is 12.5. The molecule has 2 aromatic rings. The molecular formula is C19H25NS. The summed E-state index contributed by atoms with van der Waals surface area (Å²) < 4.78 is 0. The van der Waals surface area contributed by atoms with E-state index < -0.39 is 0 Å². The highest BCUT2D eigenvalue weighted by atomic mass is 32.2. The van der Waals surface area contributed by atoms with Crippen LogP contribution in [0.2, 0.25) is 0 Å². The van der Waals surface area contributed by atoms with Gasteiger partial charge in [0.25, 0.3) is 0 Å². The Morgan fingerprint density at radius 3 is 1.90 bits per heavy atom. The fourth-order valence-corrected chi connectivity index (χ4v) is 3.09. The van der Waals surface area contributed by atoms with Gasteiger partial charge in [-0.05, 0) is 29.2 Å². The van der Waals surface area contributed by atoms with E-state index in [9.17, 15) is 0 Å². The number of hydrogen-bond acceptors (Lipinski definition) is 2. The minimum absolute atomic E-state index is 0.0515. The molecule has 0 N–H and O–H groups in total. The summed E-state index contributed by atoms with van der Waals surface area (Å²) in [6.07, 6.45) is 0. The van der Waals surface area contributed by atoms with Crippen LogP contribution in [-0.2, 0) is 10.8 Å². The van der Waals surface area contributed by atoms with E-state index in [1.165, 1.54) is 16.2 Å². The molecule has 1 aromatic heterocycles. The molecule has 1 aromatic carbocycles. The molecule has 0 spiro atoms. The Morgan fingerprint density at radius 1 is 0.762 bits per heavy atom. The van der Waals surface area contributed by atoms with Gasteiger partial charge in [0.05, 0.1) is 5.69 Å². The van der Waals surface area contributed by atoms with Gasteiger partial charge >= 0.3 is 0 Å². The summed E-state index contributed by atoms with van der Waals surface area (Å²) in [5, 5.41) is 1.07. The molecule has 0 saturated heterocycles. The molecule has 0 aliphatic heterocycles. The Hall–Kier alpha value is -1.28. The average molecular weight is 299 g/mol. The Balaban J connectivity index is 2.43. The van der Waals surface area contributed by atoms with Crippen molar-refractivity contribution in [1.29, 1.82) is 0 Å². The van der Waals surface area contributed by atoms with Crippen LogP contribution in [-0.4, -0.2) is 4.98 Å². The fraction of sp³-hybridized carbons (Fsp3) is 0.421. The summed E-state index contributed by atoms with van der Waals surface area (Å²) in [6.45, 7) is 13.5. The molecule has 0 amide bonds. The van der Waals surface area contributed by atoms with Crippen molar-refractivity contribution in [3.8, 4) is 0 Å². The lowest BCUT2D eigenvalue weighted by Crippen LogP contribution is -2.23. The van der Waals surface area contributed by atoms with E-state index >= 15 is 0 Å². The van der Waals surface area contributed by atoms with Crippen LogP contribution in [0, 0.1) is 0 Å². The van der Waals surface area contributed by atoms with Crippen LogP contribution in [0.5, 0.6) is 0 Å². The van der Waals surface area contributed by atoms with Crippen molar-refractivity contribution < 1.29 is 0 Å². The van der Waals surface area contributed by atoms with Crippen LogP contribution in [0.1, 0.15) is 52.8 Å². The van der Waals surface area contributed by atoms with Crippen LogP contribution in [0.25, 0.3) is 0 Å². The van der Waals surface area contributed by atoms with E-state index in [4.69, 9.17) is 4.98 Å². The summed E-state index contributed by atoms with van der Waals surface area (Å²) >= 11 is 1.73. The lowest BCUT2D eigenvalue weighted by atomic mass is 9.78. The van der Waals surface area contributed by atoms with Crippen molar-refractivity contribution in [1.82, 2.24) is 4.98 Å². The quantitative estimate of drug-likeness (QED) is 0.692. The molecule has 0 fully saturated rings. The van der Waals surface area contributed by atoms with Crippen LogP contribution in [0.3, 0.4) is 0 Å². The molecule has 21 heavy (non-hydrogen) atoms. The van der Waals surface area contributed by atoms with E-state index in [0.29, 0.717) is 0 Å². The highest BCUT2D eigenvalue weighted by Gasteiger charge is 2.26. The van der Waals surface area contributed by atoms with E-state index in [2.05, 4.69) is 77.9 Å². The molecule has 0 unspecified atom stereocenters. The van der Waals surface area contributed by atoms with Crippen molar-refractivity contribution in [3.63, 3.8) is 0 Å². The number of nitrogens with zero attached hydrogens (tertiary/aromatic N) is 1. The number of aromatic nitrogens is 1. The number of hydrogen-bond donors (Lipinski definition) is 0.